The number of ether oxygens (including phenoxy) is 2. The average Bonchev–Trinajstić information content (AvgIpc) is 2.63. The van der Waals surface area contributed by atoms with E-state index in [1.54, 1.807) is 0 Å². The Morgan fingerprint density at radius 2 is 1.78 bits per heavy atom. The highest BCUT2D eigenvalue weighted by molar-refractivity contribution is 5.40. The number of benzene rings is 2. The molecule has 1 unspecified atom stereocenters. The van der Waals surface area contributed by atoms with Gasteiger partial charge in [0.15, 0.2) is 11.5 Å². The van der Waals surface area contributed by atoms with Crippen molar-refractivity contribution in [1.29, 1.82) is 0 Å². The van der Waals surface area contributed by atoms with Crippen LogP contribution in [-0.4, -0.2) is 19.7 Å². The van der Waals surface area contributed by atoms with Crippen LogP contribution < -0.4 is 14.8 Å². The fourth-order valence-corrected chi connectivity index (χ4v) is 3.18. The molecular formula is C20H25NO2. The summed E-state index contributed by atoms with van der Waals surface area (Å²) in [5.41, 5.74) is 1.23. The van der Waals surface area contributed by atoms with Crippen molar-refractivity contribution in [2.75, 3.05) is 19.7 Å². The molecule has 0 saturated carbocycles. The van der Waals surface area contributed by atoms with E-state index < -0.39 is 0 Å². The Kier molecular flexibility index (Phi) is 5.54. The first-order valence-electron chi connectivity index (χ1n) is 8.52. The lowest BCUT2D eigenvalue weighted by molar-refractivity contribution is 0.111. The molecule has 2 aromatic carbocycles. The quantitative estimate of drug-likeness (QED) is 0.867. The maximum Gasteiger partial charge on any atom is 0.162 e. The van der Waals surface area contributed by atoms with Gasteiger partial charge in [-0.1, -0.05) is 42.5 Å². The third-order valence-corrected chi connectivity index (χ3v) is 4.29. The van der Waals surface area contributed by atoms with Crippen LogP contribution in [0.5, 0.6) is 11.5 Å². The van der Waals surface area contributed by atoms with E-state index >= 15 is 0 Å². The van der Waals surface area contributed by atoms with Crippen LogP contribution in [-0.2, 0) is 0 Å². The smallest absolute Gasteiger partial charge is 0.162 e. The zero-order valence-corrected chi connectivity index (χ0v) is 13.7. The van der Waals surface area contributed by atoms with Crippen molar-refractivity contribution in [1.82, 2.24) is 5.32 Å². The molecule has 0 spiro atoms. The van der Waals surface area contributed by atoms with Crippen LogP contribution in [0.2, 0.25) is 0 Å². The molecule has 3 heteroatoms. The first kappa shape index (κ1) is 15.9. The number of hydrogen-bond donors (Lipinski definition) is 1. The van der Waals surface area contributed by atoms with Crippen molar-refractivity contribution >= 4 is 0 Å². The van der Waals surface area contributed by atoms with Crippen molar-refractivity contribution in [2.24, 2.45) is 5.92 Å². The molecule has 2 aromatic rings. The summed E-state index contributed by atoms with van der Waals surface area (Å²) in [6.07, 6.45) is 2.43. The molecule has 1 aliphatic heterocycles. The molecule has 3 rings (SSSR count). The van der Waals surface area contributed by atoms with Gasteiger partial charge in [-0.25, -0.2) is 0 Å². The second kappa shape index (κ2) is 8.02. The third kappa shape index (κ3) is 4.05. The first-order chi connectivity index (χ1) is 11.4. The Balaban J connectivity index is 1.86. The zero-order valence-electron chi connectivity index (χ0n) is 13.7. The topological polar surface area (TPSA) is 30.5 Å². The predicted molar refractivity (Wildman–Crippen MR) is 93.0 cm³/mol. The largest absolute Gasteiger partial charge is 0.490 e. The Labute approximate surface area is 138 Å². The van der Waals surface area contributed by atoms with E-state index in [1.165, 1.54) is 18.4 Å². The monoisotopic (exact) mass is 311 g/mol. The molecule has 0 bridgehead atoms. The van der Waals surface area contributed by atoms with E-state index in [-0.39, 0.29) is 6.10 Å². The Morgan fingerprint density at radius 3 is 2.48 bits per heavy atom. The summed E-state index contributed by atoms with van der Waals surface area (Å²) >= 11 is 0. The molecular weight excluding hydrogens is 286 g/mol. The zero-order chi connectivity index (χ0) is 15.9. The standard InChI is InChI=1S/C20H25NO2/c1-2-22-18-12-6-7-13-19(18)23-20(16-9-4-3-5-10-16)17-11-8-14-21-15-17/h3-7,9-10,12-13,17,20-21H,2,8,11,14-15H2,1H3/t17-,20?/m0/s1. The molecule has 0 aliphatic carbocycles. The lowest BCUT2D eigenvalue weighted by Gasteiger charge is -2.32. The van der Waals surface area contributed by atoms with Gasteiger partial charge in [0.2, 0.25) is 0 Å². The summed E-state index contributed by atoms with van der Waals surface area (Å²) in [6, 6.07) is 18.5. The van der Waals surface area contributed by atoms with Crippen LogP contribution in [0, 0.1) is 5.92 Å². The minimum Gasteiger partial charge on any atom is -0.490 e. The number of rotatable bonds is 6. The Bertz CT molecular complexity index is 594. The van der Waals surface area contributed by atoms with Crippen molar-refractivity contribution in [3.8, 4) is 11.5 Å². The summed E-state index contributed by atoms with van der Waals surface area (Å²) < 4.78 is 12.2. The fraction of sp³-hybridized carbons (Fsp3) is 0.400. The lowest BCUT2D eigenvalue weighted by Crippen LogP contribution is -2.35. The van der Waals surface area contributed by atoms with Crippen molar-refractivity contribution < 1.29 is 9.47 Å². The minimum atomic E-state index is 0.0469. The van der Waals surface area contributed by atoms with E-state index in [2.05, 4.69) is 29.6 Å². The summed E-state index contributed by atoms with van der Waals surface area (Å²) in [6.45, 7) is 4.74. The van der Waals surface area contributed by atoms with Crippen LogP contribution in [0.3, 0.4) is 0 Å². The molecule has 1 N–H and O–H groups in total. The Hall–Kier alpha value is -2.00. The van der Waals surface area contributed by atoms with Gasteiger partial charge in [-0.15, -0.1) is 0 Å². The summed E-state index contributed by atoms with van der Waals surface area (Å²) in [5.74, 6) is 2.12. The molecule has 0 aromatic heterocycles. The lowest BCUT2D eigenvalue weighted by atomic mass is 9.89. The molecule has 23 heavy (non-hydrogen) atoms. The number of para-hydroxylation sites is 2. The normalized spacial score (nSPS) is 19.1. The number of nitrogens with one attached hydrogen (secondary N) is 1. The first-order valence-corrected chi connectivity index (χ1v) is 8.52. The minimum absolute atomic E-state index is 0.0469. The third-order valence-electron chi connectivity index (χ3n) is 4.29. The van der Waals surface area contributed by atoms with Crippen LogP contribution in [0.4, 0.5) is 0 Å². The average molecular weight is 311 g/mol. The summed E-state index contributed by atoms with van der Waals surface area (Å²) in [4.78, 5) is 0. The maximum absolute atomic E-state index is 6.46. The van der Waals surface area contributed by atoms with E-state index in [4.69, 9.17) is 9.47 Å². The fourth-order valence-electron chi connectivity index (χ4n) is 3.18. The van der Waals surface area contributed by atoms with Gasteiger partial charge in [0.25, 0.3) is 0 Å². The Morgan fingerprint density at radius 1 is 1.04 bits per heavy atom. The van der Waals surface area contributed by atoms with E-state index in [9.17, 15) is 0 Å². The SMILES string of the molecule is CCOc1ccccc1OC(c1ccccc1)[C@H]1CCCNC1. The second-order valence-electron chi connectivity index (χ2n) is 5.94. The summed E-state index contributed by atoms with van der Waals surface area (Å²) in [5, 5.41) is 3.50. The van der Waals surface area contributed by atoms with Crippen molar-refractivity contribution in [3.63, 3.8) is 0 Å². The van der Waals surface area contributed by atoms with Gasteiger partial charge >= 0.3 is 0 Å². The molecule has 1 heterocycles. The van der Waals surface area contributed by atoms with Crippen LogP contribution in [0.25, 0.3) is 0 Å². The van der Waals surface area contributed by atoms with Crippen molar-refractivity contribution in [3.05, 3.63) is 60.2 Å². The predicted octanol–water partition coefficient (Wildman–Crippen LogP) is 4.21. The van der Waals surface area contributed by atoms with E-state index in [0.29, 0.717) is 12.5 Å². The van der Waals surface area contributed by atoms with E-state index in [1.807, 2.05) is 37.3 Å². The molecule has 0 radical (unpaired) electrons. The van der Waals surface area contributed by atoms with Gasteiger partial charge in [0, 0.05) is 12.5 Å². The highest BCUT2D eigenvalue weighted by Gasteiger charge is 2.27. The second-order valence-corrected chi connectivity index (χ2v) is 5.94. The highest BCUT2D eigenvalue weighted by atomic mass is 16.5. The highest BCUT2D eigenvalue weighted by Crippen LogP contribution is 2.36. The molecule has 3 nitrogen and oxygen atoms in total. The number of piperidine rings is 1. The van der Waals surface area contributed by atoms with Gasteiger partial charge in [-0.05, 0) is 44.0 Å². The number of hydrogen-bond acceptors (Lipinski definition) is 3. The summed E-state index contributed by atoms with van der Waals surface area (Å²) in [7, 11) is 0. The van der Waals surface area contributed by atoms with Gasteiger partial charge in [-0.3, -0.25) is 0 Å². The van der Waals surface area contributed by atoms with Gasteiger partial charge < -0.3 is 14.8 Å². The molecule has 122 valence electrons. The van der Waals surface area contributed by atoms with E-state index in [0.717, 1.165) is 24.6 Å². The van der Waals surface area contributed by atoms with Crippen LogP contribution >= 0.6 is 0 Å². The van der Waals surface area contributed by atoms with Crippen LogP contribution in [0.15, 0.2) is 54.6 Å². The molecule has 0 amide bonds. The molecule has 2 atom stereocenters. The molecule has 1 saturated heterocycles. The van der Waals surface area contributed by atoms with Gasteiger partial charge in [0.05, 0.1) is 6.61 Å². The molecule has 1 fully saturated rings. The van der Waals surface area contributed by atoms with Crippen molar-refractivity contribution in [2.45, 2.75) is 25.9 Å². The van der Waals surface area contributed by atoms with Crippen LogP contribution in [0.1, 0.15) is 31.4 Å². The van der Waals surface area contributed by atoms with Gasteiger partial charge in [-0.2, -0.15) is 0 Å². The molecule has 1 aliphatic rings. The maximum atomic E-state index is 6.46. The van der Waals surface area contributed by atoms with Gasteiger partial charge in [0.1, 0.15) is 6.10 Å².